The maximum Gasteiger partial charge on any atom is 0.214 e. The van der Waals surface area contributed by atoms with Gasteiger partial charge in [0.15, 0.2) is 0 Å². The average Bonchev–Trinajstić information content (AvgIpc) is 2.40. The van der Waals surface area contributed by atoms with E-state index in [0.29, 0.717) is 39.3 Å². The number of nitrogens with two attached hydrogens (primary N) is 1. The largest absolute Gasteiger partial charge is 0.379 e. The van der Waals surface area contributed by atoms with E-state index in [1.807, 2.05) is 25.2 Å². The van der Waals surface area contributed by atoms with Crippen LogP contribution in [0.2, 0.25) is 0 Å². The van der Waals surface area contributed by atoms with Crippen molar-refractivity contribution in [2.24, 2.45) is 5.73 Å². The zero-order chi connectivity index (χ0) is 13.4. The quantitative estimate of drug-likeness (QED) is 0.716. The SMILES string of the molecule is C/C=C(\C=C/CN)CCS(=O)(=O)N1CCOCC1. The second kappa shape index (κ2) is 7.68. The van der Waals surface area contributed by atoms with Crippen LogP contribution in [-0.2, 0) is 14.8 Å². The Morgan fingerprint density at radius 2 is 2.06 bits per heavy atom. The van der Waals surface area contributed by atoms with E-state index >= 15 is 0 Å². The maximum absolute atomic E-state index is 12.1. The summed E-state index contributed by atoms with van der Waals surface area (Å²) in [6.45, 7) is 4.27. The molecular formula is C12H22N2O3S. The predicted molar refractivity (Wildman–Crippen MR) is 72.7 cm³/mol. The van der Waals surface area contributed by atoms with Gasteiger partial charge in [-0.05, 0) is 13.3 Å². The lowest BCUT2D eigenvalue weighted by Gasteiger charge is -2.26. The summed E-state index contributed by atoms with van der Waals surface area (Å²) in [5.41, 5.74) is 6.37. The molecule has 0 aromatic heterocycles. The zero-order valence-corrected chi connectivity index (χ0v) is 11.7. The number of ether oxygens (including phenoxy) is 1. The van der Waals surface area contributed by atoms with Crippen molar-refractivity contribution < 1.29 is 13.2 Å². The molecule has 0 saturated carbocycles. The van der Waals surface area contributed by atoms with Crippen molar-refractivity contribution in [3.8, 4) is 0 Å². The van der Waals surface area contributed by atoms with E-state index < -0.39 is 10.0 Å². The molecule has 0 spiro atoms. The fourth-order valence-electron chi connectivity index (χ4n) is 1.74. The van der Waals surface area contributed by atoms with Crippen LogP contribution in [0.4, 0.5) is 0 Å². The first-order chi connectivity index (χ1) is 8.60. The number of sulfonamides is 1. The van der Waals surface area contributed by atoms with Crippen molar-refractivity contribution in [1.29, 1.82) is 0 Å². The molecule has 18 heavy (non-hydrogen) atoms. The fraction of sp³-hybridized carbons (Fsp3) is 0.667. The van der Waals surface area contributed by atoms with E-state index in [0.717, 1.165) is 5.57 Å². The van der Waals surface area contributed by atoms with Gasteiger partial charge in [-0.2, -0.15) is 4.31 Å². The van der Waals surface area contributed by atoms with Gasteiger partial charge in [0.25, 0.3) is 0 Å². The lowest BCUT2D eigenvalue weighted by Crippen LogP contribution is -2.41. The lowest BCUT2D eigenvalue weighted by molar-refractivity contribution is 0.0730. The first kappa shape index (κ1) is 15.4. The Morgan fingerprint density at radius 3 is 2.61 bits per heavy atom. The second-order valence-electron chi connectivity index (χ2n) is 4.08. The van der Waals surface area contributed by atoms with Crippen LogP contribution in [0.5, 0.6) is 0 Å². The number of nitrogens with zero attached hydrogens (tertiary/aromatic N) is 1. The van der Waals surface area contributed by atoms with Crippen molar-refractivity contribution in [3.63, 3.8) is 0 Å². The van der Waals surface area contributed by atoms with E-state index in [2.05, 4.69) is 0 Å². The van der Waals surface area contributed by atoms with Crippen LogP contribution in [0.1, 0.15) is 13.3 Å². The van der Waals surface area contributed by atoms with Crippen molar-refractivity contribution in [3.05, 3.63) is 23.8 Å². The van der Waals surface area contributed by atoms with Crippen molar-refractivity contribution in [2.45, 2.75) is 13.3 Å². The molecule has 0 radical (unpaired) electrons. The standard InChI is InChI=1S/C12H22N2O3S/c1-2-12(4-3-6-13)5-11-18(15,16)14-7-9-17-10-8-14/h2-4H,5-11,13H2,1H3/b4-3-,12-2+. The van der Waals surface area contributed by atoms with Crippen LogP contribution in [-0.4, -0.2) is 51.3 Å². The zero-order valence-electron chi connectivity index (χ0n) is 10.8. The summed E-state index contributed by atoms with van der Waals surface area (Å²) in [6.07, 6.45) is 6.15. The third-order valence-electron chi connectivity index (χ3n) is 2.85. The third-order valence-corrected chi connectivity index (χ3v) is 4.72. The molecule has 1 saturated heterocycles. The molecule has 0 amide bonds. The number of allylic oxidation sites excluding steroid dienone is 3. The van der Waals surface area contributed by atoms with E-state index in [1.54, 1.807) is 0 Å². The molecule has 1 heterocycles. The highest BCUT2D eigenvalue weighted by Crippen LogP contribution is 2.11. The second-order valence-corrected chi connectivity index (χ2v) is 6.17. The molecule has 1 rings (SSSR count). The molecule has 1 aliphatic heterocycles. The van der Waals surface area contributed by atoms with Crippen LogP contribution in [0.15, 0.2) is 23.8 Å². The summed E-state index contributed by atoms with van der Waals surface area (Å²) in [7, 11) is -3.17. The Labute approximate surface area is 109 Å². The van der Waals surface area contributed by atoms with Crippen LogP contribution in [0.25, 0.3) is 0 Å². The molecule has 0 aromatic carbocycles. The molecule has 0 bridgehead atoms. The summed E-state index contributed by atoms with van der Waals surface area (Å²) < 4.78 is 30.8. The van der Waals surface area contributed by atoms with Crippen LogP contribution in [0, 0.1) is 0 Å². The van der Waals surface area contributed by atoms with E-state index in [-0.39, 0.29) is 5.75 Å². The molecular weight excluding hydrogens is 252 g/mol. The normalized spacial score (nSPS) is 19.6. The van der Waals surface area contributed by atoms with Gasteiger partial charge in [0, 0.05) is 19.6 Å². The van der Waals surface area contributed by atoms with Crippen LogP contribution < -0.4 is 5.73 Å². The van der Waals surface area contributed by atoms with Crippen molar-refractivity contribution in [2.75, 3.05) is 38.6 Å². The highest BCUT2D eigenvalue weighted by molar-refractivity contribution is 7.89. The molecule has 0 aromatic rings. The minimum absolute atomic E-state index is 0.140. The molecule has 5 nitrogen and oxygen atoms in total. The maximum atomic E-state index is 12.1. The smallest absolute Gasteiger partial charge is 0.214 e. The van der Waals surface area contributed by atoms with E-state index in [9.17, 15) is 8.42 Å². The lowest BCUT2D eigenvalue weighted by atomic mass is 10.2. The Bertz CT molecular complexity index is 396. The van der Waals surface area contributed by atoms with Gasteiger partial charge in [-0.15, -0.1) is 0 Å². The first-order valence-electron chi connectivity index (χ1n) is 6.17. The molecule has 1 aliphatic rings. The van der Waals surface area contributed by atoms with Gasteiger partial charge in [-0.3, -0.25) is 0 Å². The van der Waals surface area contributed by atoms with Gasteiger partial charge in [0.1, 0.15) is 0 Å². The molecule has 0 unspecified atom stereocenters. The molecule has 6 heteroatoms. The van der Waals surface area contributed by atoms with Crippen LogP contribution >= 0.6 is 0 Å². The van der Waals surface area contributed by atoms with Gasteiger partial charge in [0.05, 0.1) is 19.0 Å². The number of hydrogen-bond donors (Lipinski definition) is 1. The van der Waals surface area contributed by atoms with Crippen molar-refractivity contribution >= 4 is 10.0 Å². The summed E-state index contributed by atoms with van der Waals surface area (Å²) in [6, 6.07) is 0. The average molecular weight is 274 g/mol. The molecule has 104 valence electrons. The fourth-order valence-corrected chi connectivity index (χ4v) is 3.20. The van der Waals surface area contributed by atoms with Gasteiger partial charge in [0.2, 0.25) is 10.0 Å². The summed E-state index contributed by atoms with van der Waals surface area (Å²) in [4.78, 5) is 0. The summed E-state index contributed by atoms with van der Waals surface area (Å²) in [5.74, 6) is 0.140. The Hall–Kier alpha value is -0.690. The van der Waals surface area contributed by atoms with E-state index in [4.69, 9.17) is 10.5 Å². The minimum atomic E-state index is -3.17. The third kappa shape index (κ3) is 4.89. The first-order valence-corrected chi connectivity index (χ1v) is 7.78. The predicted octanol–water partition coefficient (Wildman–Crippen LogP) is 0.500. The van der Waals surface area contributed by atoms with Crippen LogP contribution in [0.3, 0.4) is 0 Å². The summed E-state index contributed by atoms with van der Waals surface area (Å²) >= 11 is 0. The topological polar surface area (TPSA) is 72.6 Å². The number of morpholine rings is 1. The highest BCUT2D eigenvalue weighted by atomic mass is 32.2. The number of rotatable bonds is 6. The Balaban J connectivity index is 2.52. The Morgan fingerprint density at radius 1 is 1.39 bits per heavy atom. The molecule has 0 aliphatic carbocycles. The minimum Gasteiger partial charge on any atom is -0.379 e. The van der Waals surface area contributed by atoms with Gasteiger partial charge in [-0.1, -0.05) is 23.8 Å². The number of hydrogen-bond acceptors (Lipinski definition) is 4. The molecule has 1 fully saturated rings. The van der Waals surface area contributed by atoms with Gasteiger partial charge in [-0.25, -0.2) is 8.42 Å². The van der Waals surface area contributed by atoms with Gasteiger partial charge < -0.3 is 10.5 Å². The van der Waals surface area contributed by atoms with Crippen molar-refractivity contribution in [1.82, 2.24) is 4.31 Å². The molecule has 0 atom stereocenters. The highest BCUT2D eigenvalue weighted by Gasteiger charge is 2.23. The Kier molecular flexibility index (Phi) is 6.56. The molecule has 2 N–H and O–H groups in total. The van der Waals surface area contributed by atoms with Gasteiger partial charge >= 0.3 is 0 Å². The summed E-state index contributed by atoms with van der Waals surface area (Å²) in [5, 5.41) is 0. The van der Waals surface area contributed by atoms with E-state index in [1.165, 1.54) is 4.31 Å². The monoisotopic (exact) mass is 274 g/mol.